The van der Waals surface area contributed by atoms with Crippen LogP contribution in [0.1, 0.15) is 15.9 Å². The van der Waals surface area contributed by atoms with Crippen LogP contribution in [0.2, 0.25) is 0 Å². The fourth-order valence-electron chi connectivity index (χ4n) is 3.93. The van der Waals surface area contributed by atoms with Crippen molar-refractivity contribution in [2.75, 3.05) is 5.32 Å². The molecule has 0 aliphatic carbocycles. The summed E-state index contributed by atoms with van der Waals surface area (Å²) in [6.45, 7) is 0. The summed E-state index contributed by atoms with van der Waals surface area (Å²) in [4.78, 5) is 19.2. The fourth-order valence-corrected chi connectivity index (χ4v) is 3.93. The smallest absolute Gasteiger partial charge is 0.335 e. The van der Waals surface area contributed by atoms with Crippen LogP contribution in [0.25, 0.3) is 33.2 Å². The number of rotatable bonds is 5. The first-order valence-electron chi connectivity index (χ1n) is 10.3. The van der Waals surface area contributed by atoms with E-state index in [9.17, 15) is 15.2 Å². The first kappa shape index (κ1) is 20.0. The van der Waals surface area contributed by atoms with Crippen LogP contribution in [-0.4, -0.2) is 21.0 Å². The lowest BCUT2D eigenvalue weighted by Crippen LogP contribution is -2.01. The van der Waals surface area contributed by atoms with Crippen LogP contribution in [-0.2, 0) is 0 Å². The predicted octanol–water partition coefficient (Wildman–Crippen LogP) is 6.21. The van der Waals surface area contributed by atoms with Crippen molar-refractivity contribution in [2.45, 2.75) is 0 Å². The molecule has 3 aromatic carbocycles. The Hall–Kier alpha value is -4.89. The van der Waals surface area contributed by atoms with Crippen LogP contribution in [0.5, 0.6) is 0 Å². The summed E-state index contributed by atoms with van der Waals surface area (Å²) in [6.07, 6.45) is 5.03. The van der Waals surface area contributed by atoms with Gasteiger partial charge in [-0.3, -0.25) is 4.98 Å². The van der Waals surface area contributed by atoms with Gasteiger partial charge in [-0.25, -0.2) is 4.79 Å². The molecule has 6 nitrogen and oxygen atoms in total. The van der Waals surface area contributed by atoms with Crippen LogP contribution in [0.3, 0.4) is 0 Å². The standard InChI is InChI=1S/C27H18N4O2/c28-14-20-15-29-16-24(26(20)31-21-7-9-25-18(12-21)10-11-30-25)23-13-19(27(32)33)6-8-22(23)17-4-2-1-3-5-17/h1-13,15-16,30H,(H,29,31)(H,32,33). The van der Waals surface area contributed by atoms with Crippen molar-refractivity contribution in [2.24, 2.45) is 0 Å². The maximum absolute atomic E-state index is 11.7. The number of aromatic nitrogens is 2. The number of carboxylic acids is 1. The largest absolute Gasteiger partial charge is 0.478 e. The van der Waals surface area contributed by atoms with E-state index in [1.807, 2.05) is 60.8 Å². The molecular weight excluding hydrogens is 412 g/mol. The first-order valence-corrected chi connectivity index (χ1v) is 10.3. The molecular formula is C27H18N4O2. The number of aromatic amines is 1. The number of anilines is 2. The van der Waals surface area contributed by atoms with Crippen molar-refractivity contribution >= 4 is 28.2 Å². The van der Waals surface area contributed by atoms with Gasteiger partial charge in [0.05, 0.1) is 16.8 Å². The average molecular weight is 430 g/mol. The summed E-state index contributed by atoms with van der Waals surface area (Å²) in [5, 5.41) is 23.8. The molecule has 0 bridgehead atoms. The monoisotopic (exact) mass is 430 g/mol. The van der Waals surface area contributed by atoms with Crippen molar-refractivity contribution in [1.82, 2.24) is 9.97 Å². The molecule has 0 radical (unpaired) electrons. The highest BCUT2D eigenvalue weighted by Crippen LogP contribution is 2.39. The SMILES string of the molecule is N#Cc1cncc(-c2cc(C(=O)O)ccc2-c2ccccc2)c1Nc1ccc2[nH]ccc2c1. The van der Waals surface area contributed by atoms with Gasteiger partial charge in [0.15, 0.2) is 0 Å². The van der Waals surface area contributed by atoms with E-state index in [4.69, 9.17) is 0 Å². The molecule has 6 heteroatoms. The van der Waals surface area contributed by atoms with Gasteiger partial charge in [-0.05, 0) is 53.1 Å². The summed E-state index contributed by atoms with van der Waals surface area (Å²) in [5.74, 6) is -1.02. The molecule has 2 heterocycles. The molecule has 0 aliphatic rings. The number of aromatic carboxylic acids is 1. The summed E-state index contributed by atoms with van der Waals surface area (Å²) in [6, 6.07) is 24.8. The van der Waals surface area contributed by atoms with Crippen molar-refractivity contribution in [1.29, 1.82) is 5.26 Å². The van der Waals surface area contributed by atoms with Gasteiger partial charge in [-0.2, -0.15) is 5.26 Å². The number of carbonyl (C=O) groups is 1. The first-order chi connectivity index (χ1) is 16.1. The van der Waals surface area contributed by atoms with E-state index in [1.54, 1.807) is 24.4 Å². The average Bonchev–Trinajstić information content (AvgIpc) is 3.32. The summed E-state index contributed by atoms with van der Waals surface area (Å²) < 4.78 is 0. The number of hydrogen-bond donors (Lipinski definition) is 3. The van der Waals surface area contributed by atoms with Gasteiger partial charge in [-0.15, -0.1) is 0 Å². The molecule has 5 aromatic rings. The zero-order valence-corrected chi connectivity index (χ0v) is 17.4. The Morgan fingerprint density at radius 1 is 0.939 bits per heavy atom. The third-order valence-corrected chi connectivity index (χ3v) is 5.53. The molecule has 0 atom stereocenters. The third kappa shape index (κ3) is 3.80. The van der Waals surface area contributed by atoms with Crippen LogP contribution in [0.15, 0.2) is 91.4 Å². The molecule has 0 unspecified atom stereocenters. The maximum Gasteiger partial charge on any atom is 0.335 e. The van der Waals surface area contributed by atoms with Gasteiger partial charge in [0.2, 0.25) is 0 Å². The lowest BCUT2D eigenvalue weighted by Gasteiger charge is -2.17. The predicted molar refractivity (Wildman–Crippen MR) is 128 cm³/mol. The molecule has 0 saturated carbocycles. The van der Waals surface area contributed by atoms with E-state index in [2.05, 4.69) is 21.4 Å². The number of benzene rings is 3. The number of fused-ring (bicyclic) bond motifs is 1. The van der Waals surface area contributed by atoms with E-state index in [0.717, 1.165) is 27.7 Å². The Kier molecular flexibility index (Phi) is 5.06. The molecule has 2 aromatic heterocycles. The van der Waals surface area contributed by atoms with Crippen LogP contribution < -0.4 is 5.32 Å². The highest BCUT2D eigenvalue weighted by atomic mass is 16.4. The van der Waals surface area contributed by atoms with Crippen molar-refractivity contribution < 1.29 is 9.90 Å². The van der Waals surface area contributed by atoms with Crippen molar-refractivity contribution in [3.63, 3.8) is 0 Å². The third-order valence-electron chi connectivity index (χ3n) is 5.53. The lowest BCUT2D eigenvalue weighted by atomic mass is 9.92. The van der Waals surface area contributed by atoms with Gasteiger partial charge in [-0.1, -0.05) is 36.4 Å². The lowest BCUT2D eigenvalue weighted by molar-refractivity contribution is 0.0697. The van der Waals surface area contributed by atoms with Crippen LogP contribution in [0, 0.1) is 11.3 Å². The van der Waals surface area contributed by atoms with Crippen LogP contribution in [0.4, 0.5) is 11.4 Å². The zero-order chi connectivity index (χ0) is 22.8. The molecule has 5 rings (SSSR count). The van der Waals surface area contributed by atoms with Crippen LogP contribution >= 0.6 is 0 Å². The number of nitriles is 1. The number of hydrogen-bond acceptors (Lipinski definition) is 4. The normalized spacial score (nSPS) is 10.6. The highest BCUT2D eigenvalue weighted by molar-refractivity contribution is 5.97. The number of nitrogens with one attached hydrogen (secondary N) is 2. The number of carboxylic acid groups (broad SMARTS) is 1. The van der Waals surface area contributed by atoms with Gasteiger partial charge in [0.1, 0.15) is 6.07 Å². The van der Waals surface area contributed by atoms with Gasteiger partial charge < -0.3 is 15.4 Å². The second-order valence-electron chi connectivity index (χ2n) is 7.56. The Balaban J connectivity index is 1.72. The Bertz CT molecular complexity index is 1530. The second kappa shape index (κ2) is 8.33. The van der Waals surface area contributed by atoms with Gasteiger partial charge in [0, 0.05) is 40.7 Å². The topological polar surface area (TPSA) is 102 Å². The summed E-state index contributed by atoms with van der Waals surface area (Å²) in [5.41, 5.74) is 6.02. The summed E-state index contributed by atoms with van der Waals surface area (Å²) >= 11 is 0. The highest BCUT2D eigenvalue weighted by Gasteiger charge is 2.18. The van der Waals surface area contributed by atoms with E-state index < -0.39 is 5.97 Å². The molecule has 158 valence electrons. The minimum absolute atomic E-state index is 0.159. The molecule has 0 fully saturated rings. The Morgan fingerprint density at radius 3 is 2.58 bits per heavy atom. The second-order valence-corrected chi connectivity index (χ2v) is 7.56. The minimum atomic E-state index is -1.02. The van der Waals surface area contributed by atoms with E-state index in [1.165, 1.54) is 6.20 Å². The fraction of sp³-hybridized carbons (Fsp3) is 0. The number of nitrogens with zero attached hydrogens (tertiary/aromatic N) is 2. The molecule has 3 N–H and O–H groups in total. The molecule has 33 heavy (non-hydrogen) atoms. The minimum Gasteiger partial charge on any atom is -0.478 e. The maximum atomic E-state index is 11.7. The number of H-pyrrole nitrogens is 1. The van der Waals surface area contributed by atoms with Crippen molar-refractivity contribution in [3.8, 4) is 28.3 Å². The molecule has 0 saturated heterocycles. The van der Waals surface area contributed by atoms with Gasteiger partial charge >= 0.3 is 5.97 Å². The van der Waals surface area contributed by atoms with E-state index in [0.29, 0.717) is 22.4 Å². The Morgan fingerprint density at radius 2 is 1.79 bits per heavy atom. The van der Waals surface area contributed by atoms with Crippen molar-refractivity contribution in [3.05, 3.63) is 103 Å². The number of pyridine rings is 1. The van der Waals surface area contributed by atoms with E-state index in [-0.39, 0.29) is 5.56 Å². The molecule has 0 amide bonds. The molecule has 0 aliphatic heterocycles. The quantitative estimate of drug-likeness (QED) is 0.308. The van der Waals surface area contributed by atoms with E-state index >= 15 is 0 Å². The zero-order valence-electron chi connectivity index (χ0n) is 17.4. The summed E-state index contributed by atoms with van der Waals surface area (Å²) in [7, 11) is 0. The van der Waals surface area contributed by atoms with Gasteiger partial charge in [0.25, 0.3) is 0 Å². The Labute approximate surface area is 189 Å². The molecule has 0 spiro atoms.